The van der Waals surface area contributed by atoms with E-state index in [9.17, 15) is 0 Å². The number of nitrogens with zero attached hydrogens (tertiary/aromatic N) is 1. The summed E-state index contributed by atoms with van der Waals surface area (Å²) in [7, 11) is 0. The lowest BCUT2D eigenvalue weighted by Crippen LogP contribution is -2.22. The van der Waals surface area contributed by atoms with E-state index in [1.807, 2.05) is 6.07 Å². The summed E-state index contributed by atoms with van der Waals surface area (Å²) in [6.07, 6.45) is 0. The van der Waals surface area contributed by atoms with Crippen LogP contribution in [0.5, 0.6) is 0 Å². The first kappa shape index (κ1) is 17.6. The van der Waals surface area contributed by atoms with Gasteiger partial charge < -0.3 is 10.9 Å². The number of thioether (sulfide) groups is 1. The topological polar surface area (TPSA) is 36.4 Å². The van der Waals surface area contributed by atoms with Gasteiger partial charge in [0.05, 0.1) is 22.0 Å². The molecule has 2 aromatic carbocycles. The molecule has 130 valence electrons. The molecular weight excluding hydrogens is 326 g/mol. The van der Waals surface area contributed by atoms with Crippen LogP contribution in [0.15, 0.2) is 69.0 Å². The third-order valence-corrected chi connectivity index (χ3v) is 5.55. The van der Waals surface area contributed by atoms with E-state index in [1.54, 1.807) is 11.8 Å². The third kappa shape index (κ3) is 4.07. The molecular formula is C21H25N3S. The third-order valence-electron chi connectivity index (χ3n) is 4.18. The van der Waals surface area contributed by atoms with E-state index < -0.39 is 0 Å². The first-order valence-corrected chi connectivity index (χ1v) is 9.32. The minimum atomic E-state index is 0.170. The second-order valence-corrected chi connectivity index (χ2v) is 8.35. The van der Waals surface area contributed by atoms with Gasteiger partial charge in [-0.3, -0.25) is 4.99 Å². The van der Waals surface area contributed by atoms with Crippen LogP contribution in [-0.4, -0.2) is 5.71 Å². The average molecular weight is 352 g/mol. The predicted molar refractivity (Wildman–Crippen MR) is 110 cm³/mol. The van der Waals surface area contributed by atoms with Crippen LogP contribution in [0.1, 0.15) is 40.2 Å². The highest BCUT2D eigenvalue weighted by Crippen LogP contribution is 2.40. The Morgan fingerprint density at radius 1 is 1.00 bits per heavy atom. The Labute approximate surface area is 154 Å². The van der Waals surface area contributed by atoms with Gasteiger partial charge in [0.2, 0.25) is 0 Å². The molecule has 0 aromatic heterocycles. The normalized spacial score (nSPS) is 16.0. The fraction of sp³-hybridized carbons (Fsp3) is 0.286. The van der Waals surface area contributed by atoms with Crippen LogP contribution < -0.4 is 10.9 Å². The standard InChI is InChI=1S/C21H25N3S/c1-14-20(25-19-9-7-6-8-18(19)22-14)15(2)23-24-17-12-10-16(11-13-17)21(3,4)5/h6-13,23-24H,1-5H3/b20-15-. The van der Waals surface area contributed by atoms with Gasteiger partial charge in [-0.1, -0.05) is 56.8 Å². The molecule has 1 aliphatic heterocycles. The van der Waals surface area contributed by atoms with Crippen molar-refractivity contribution in [2.45, 2.75) is 44.9 Å². The van der Waals surface area contributed by atoms with Gasteiger partial charge in [-0.2, -0.15) is 0 Å². The van der Waals surface area contributed by atoms with Crippen molar-refractivity contribution in [2.24, 2.45) is 4.99 Å². The smallest absolute Gasteiger partial charge is 0.0772 e. The lowest BCUT2D eigenvalue weighted by molar-refractivity contribution is 0.590. The lowest BCUT2D eigenvalue weighted by atomic mass is 9.87. The summed E-state index contributed by atoms with van der Waals surface area (Å²) in [6.45, 7) is 10.8. The molecule has 0 spiro atoms. The quantitative estimate of drug-likeness (QED) is 0.663. The van der Waals surface area contributed by atoms with Crippen molar-refractivity contribution in [1.29, 1.82) is 0 Å². The van der Waals surface area contributed by atoms with Crippen molar-refractivity contribution < 1.29 is 0 Å². The van der Waals surface area contributed by atoms with E-state index in [2.05, 4.69) is 87.9 Å². The summed E-state index contributed by atoms with van der Waals surface area (Å²) >= 11 is 1.76. The molecule has 1 heterocycles. The first-order valence-electron chi connectivity index (χ1n) is 8.50. The van der Waals surface area contributed by atoms with Crippen LogP contribution in [0.4, 0.5) is 11.4 Å². The summed E-state index contributed by atoms with van der Waals surface area (Å²) in [4.78, 5) is 7.07. The highest BCUT2D eigenvalue weighted by Gasteiger charge is 2.17. The molecule has 2 aromatic rings. The zero-order chi connectivity index (χ0) is 18.0. The van der Waals surface area contributed by atoms with Gasteiger partial charge in [-0.05, 0) is 49.1 Å². The molecule has 3 nitrogen and oxygen atoms in total. The number of hydrogen-bond acceptors (Lipinski definition) is 4. The van der Waals surface area contributed by atoms with Crippen LogP contribution in [0.3, 0.4) is 0 Å². The molecule has 0 aliphatic carbocycles. The zero-order valence-corrected chi connectivity index (χ0v) is 16.3. The number of anilines is 1. The van der Waals surface area contributed by atoms with Gasteiger partial charge in [0.15, 0.2) is 0 Å². The fourth-order valence-corrected chi connectivity index (χ4v) is 3.66. The second-order valence-electron chi connectivity index (χ2n) is 7.30. The number of rotatable bonds is 3. The fourth-order valence-electron chi connectivity index (χ4n) is 2.68. The largest absolute Gasteiger partial charge is 0.304 e. The minimum Gasteiger partial charge on any atom is -0.304 e. The second kappa shape index (κ2) is 6.96. The summed E-state index contributed by atoms with van der Waals surface area (Å²) in [5.41, 5.74) is 12.3. The number of nitrogens with one attached hydrogen (secondary N) is 2. The molecule has 0 atom stereocenters. The highest BCUT2D eigenvalue weighted by atomic mass is 32.2. The van der Waals surface area contributed by atoms with Crippen molar-refractivity contribution >= 4 is 28.8 Å². The molecule has 0 fully saturated rings. The van der Waals surface area contributed by atoms with Crippen molar-refractivity contribution in [2.75, 3.05) is 5.43 Å². The van der Waals surface area contributed by atoms with Gasteiger partial charge in [-0.15, -0.1) is 0 Å². The number of allylic oxidation sites excluding steroid dienone is 2. The van der Waals surface area contributed by atoms with Crippen molar-refractivity contribution in [3.8, 4) is 0 Å². The maximum Gasteiger partial charge on any atom is 0.0772 e. The summed E-state index contributed by atoms with van der Waals surface area (Å²) in [5, 5.41) is 0. The number of para-hydroxylation sites is 1. The van der Waals surface area contributed by atoms with E-state index in [-0.39, 0.29) is 5.41 Å². The van der Waals surface area contributed by atoms with Gasteiger partial charge in [0.25, 0.3) is 0 Å². The van der Waals surface area contributed by atoms with Gasteiger partial charge in [-0.25, -0.2) is 0 Å². The zero-order valence-electron chi connectivity index (χ0n) is 15.5. The highest BCUT2D eigenvalue weighted by molar-refractivity contribution is 8.04. The summed E-state index contributed by atoms with van der Waals surface area (Å²) in [5.74, 6) is 0. The number of hydrazine groups is 1. The number of fused-ring (bicyclic) bond motifs is 1. The van der Waals surface area contributed by atoms with Crippen LogP contribution in [0, 0.1) is 0 Å². The van der Waals surface area contributed by atoms with Crippen LogP contribution in [-0.2, 0) is 5.41 Å². The Kier molecular flexibility index (Phi) is 4.91. The van der Waals surface area contributed by atoms with E-state index in [4.69, 9.17) is 4.99 Å². The maximum atomic E-state index is 4.71. The monoisotopic (exact) mass is 351 g/mol. The Hall–Kier alpha value is -2.20. The Morgan fingerprint density at radius 2 is 1.68 bits per heavy atom. The van der Waals surface area contributed by atoms with Crippen LogP contribution >= 0.6 is 11.8 Å². The first-order chi connectivity index (χ1) is 11.8. The molecule has 0 bridgehead atoms. The summed E-state index contributed by atoms with van der Waals surface area (Å²) < 4.78 is 0. The van der Waals surface area contributed by atoms with Crippen LogP contribution in [0.25, 0.3) is 0 Å². The number of aliphatic imine (C=N–C) groups is 1. The van der Waals surface area contributed by atoms with E-state index in [0.717, 1.165) is 27.7 Å². The van der Waals surface area contributed by atoms with Crippen LogP contribution in [0.2, 0.25) is 0 Å². The maximum absolute atomic E-state index is 4.71. The van der Waals surface area contributed by atoms with E-state index >= 15 is 0 Å². The molecule has 1 aliphatic rings. The van der Waals surface area contributed by atoms with Gasteiger partial charge in [0, 0.05) is 10.6 Å². The molecule has 3 rings (SSSR count). The Morgan fingerprint density at radius 3 is 2.36 bits per heavy atom. The van der Waals surface area contributed by atoms with Crippen molar-refractivity contribution in [3.05, 3.63) is 64.7 Å². The molecule has 25 heavy (non-hydrogen) atoms. The predicted octanol–water partition coefficient (Wildman–Crippen LogP) is 6.03. The van der Waals surface area contributed by atoms with Gasteiger partial charge in [0.1, 0.15) is 0 Å². The number of benzene rings is 2. The molecule has 0 saturated carbocycles. The molecule has 0 saturated heterocycles. The summed E-state index contributed by atoms with van der Waals surface area (Å²) in [6, 6.07) is 16.8. The van der Waals surface area contributed by atoms with Gasteiger partial charge >= 0.3 is 0 Å². The molecule has 2 N–H and O–H groups in total. The molecule has 4 heteroatoms. The lowest BCUT2D eigenvalue weighted by Gasteiger charge is -2.21. The average Bonchev–Trinajstić information content (AvgIpc) is 2.58. The van der Waals surface area contributed by atoms with Crippen molar-refractivity contribution in [1.82, 2.24) is 5.43 Å². The number of hydrogen-bond donors (Lipinski definition) is 2. The minimum absolute atomic E-state index is 0.170. The molecule has 0 amide bonds. The van der Waals surface area contributed by atoms with E-state index in [1.165, 1.54) is 10.5 Å². The van der Waals surface area contributed by atoms with Crippen molar-refractivity contribution in [3.63, 3.8) is 0 Å². The SMILES string of the molecule is CC1=Nc2ccccc2S/C1=C(/C)NNc1ccc(C(C)(C)C)cc1. The molecule has 0 unspecified atom stereocenters. The Balaban J connectivity index is 1.72. The Bertz CT molecular complexity index is 827. The molecule has 0 radical (unpaired) electrons. The van der Waals surface area contributed by atoms with E-state index in [0.29, 0.717) is 0 Å².